The van der Waals surface area contributed by atoms with E-state index in [1.54, 1.807) is 0 Å². The van der Waals surface area contributed by atoms with Crippen molar-refractivity contribution >= 4 is 25.9 Å². The van der Waals surface area contributed by atoms with E-state index in [1.165, 1.54) is 33.4 Å². The summed E-state index contributed by atoms with van der Waals surface area (Å²) >= 11 is -0.116. The van der Waals surface area contributed by atoms with Crippen LogP contribution < -0.4 is 0 Å². The molecule has 0 bridgehead atoms. The monoisotopic (exact) mass is 346 g/mol. The minimum absolute atomic E-state index is 0.116. The Morgan fingerprint density at radius 1 is 0.571 bits per heavy atom. The second-order valence-electron chi connectivity index (χ2n) is 5.76. The van der Waals surface area contributed by atoms with Crippen LogP contribution in [0.25, 0.3) is 0 Å². The Bertz CT molecular complexity index is 646. The summed E-state index contributed by atoms with van der Waals surface area (Å²) in [5.74, 6) is 0. The zero-order valence-electron chi connectivity index (χ0n) is 13.6. The van der Waals surface area contributed by atoms with Crippen molar-refractivity contribution in [1.82, 2.24) is 0 Å². The van der Waals surface area contributed by atoms with Gasteiger partial charge in [0, 0.05) is 0 Å². The molecule has 0 N–H and O–H groups in total. The fraction of sp³-hybridized carbons (Fsp3) is 0.333. The van der Waals surface area contributed by atoms with Crippen LogP contribution in [0.15, 0.2) is 32.2 Å². The van der Waals surface area contributed by atoms with Gasteiger partial charge in [-0.05, 0) is 0 Å². The Balaban J connectivity index is 2.43. The molecule has 0 saturated carbocycles. The van der Waals surface area contributed by atoms with E-state index in [9.17, 15) is 0 Å². The Morgan fingerprint density at radius 2 is 0.857 bits per heavy atom. The molecule has 0 amide bonds. The van der Waals surface area contributed by atoms with Gasteiger partial charge in [0.1, 0.15) is 0 Å². The Kier molecular flexibility index (Phi) is 4.97. The van der Waals surface area contributed by atoms with Crippen LogP contribution in [0.5, 0.6) is 0 Å². The van der Waals surface area contributed by atoms with Crippen LogP contribution in [0.1, 0.15) is 33.4 Å². The van der Waals surface area contributed by atoms with Crippen molar-refractivity contribution in [2.75, 3.05) is 0 Å². The van der Waals surface area contributed by atoms with Gasteiger partial charge in [-0.2, -0.15) is 0 Å². The van der Waals surface area contributed by atoms with Gasteiger partial charge in [0.2, 0.25) is 0 Å². The van der Waals surface area contributed by atoms with Gasteiger partial charge >= 0.3 is 133 Å². The van der Waals surface area contributed by atoms with E-state index >= 15 is 0 Å². The summed E-state index contributed by atoms with van der Waals surface area (Å²) in [6, 6.07) is 8.74. The van der Waals surface area contributed by atoms with Crippen molar-refractivity contribution in [3.63, 3.8) is 0 Å². The molecule has 0 aromatic heterocycles. The van der Waals surface area contributed by atoms with E-state index in [-0.39, 0.29) is 14.6 Å². The molecule has 0 unspecified atom stereocenters. The predicted octanol–water partition coefficient (Wildman–Crippen LogP) is 5.57. The van der Waals surface area contributed by atoms with Gasteiger partial charge < -0.3 is 0 Å². The van der Waals surface area contributed by atoms with Crippen LogP contribution in [-0.4, -0.2) is 14.6 Å². The molecular formula is C18H22N2Se. The van der Waals surface area contributed by atoms with Crippen molar-refractivity contribution in [3.8, 4) is 0 Å². The van der Waals surface area contributed by atoms with Crippen molar-refractivity contribution in [2.45, 2.75) is 41.5 Å². The second-order valence-corrected chi connectivity index (χ2v) is 6.87. The van der Waals surface area contributed by atoms with Crippen molar-refractivity contribution in [3.05, 3.63) is 57.6 Å². The molecule has 0 aliphatic carbocycles. The van der Waals surface area contributed by atoms with E-state index in [0.29, 0.717) is 0 Å². The molecule has 2 aromatic rings. The van der Waals surface area contributed by atoms with Gasteiger partial charge in [0.25, 0.3) is 0 Å². The Morgan fingerprint density at radius 3 is 1.14 bits per heavy atom. The van der Waals surface area contributed by atoms with Gasteiger partial charge in [-0.15, -0.1) is 0 Å². The summed E-state index contributed by atoms with van der Waals surface area (Å²) in [7, 11) is 0. The Labute approximate surface area is 133 Å². The fourth-order valence-corrected chi connectivity index (χ4v) is 4.37. The maximum absolute atomic E-state index is 4.74. The number of hydrogen-bond acceptors (Lipinski definition) is 2. The van der Waals surface area contributed by atoms with Crippen LogP contribution >= 0.6 is 0 Å². The van der Waals surface area contributed by atoms with Crippen LogP contribution in [-0.2, 0) is 0 Å². The summed E-state index contributed by atoms with van der Waals surface area (Å²) in [5, 5.41) is 0. The molecule has 21 heavy (non-hydrogen) atoms. The third-order valence-corrected chi connectivity index (χ3v) is 4.64. The van der Waals surface area contributed by atoms with E-state index < -0.39 is 0 Å². The van der Waals surface area contributed by atoms with Gasteiger partial charge in [-0.25, -0.2) is 0 Å². The first kappa shape index (κ1) is 15.9. The van der Waals surface area contributed by atoms with Crippen molar-refractivity contribution in [2.24, 2.45) is 7.92 Å². The van der Waals surface area contributed by atoms with E-state index in [1.807, 2.05) is 0 Å². The van der Waals surface area contributed by atoms with E-state index in [0.717, 1.165) is 11.4 Å². The predicted molar refractivity (Wildman–Crippen MR) is 91.2 cm³/mol. The topological polar surface area (TPSA) is 24.7 Å². The Hall–Kier alpha value is -1.44. The first-order valence-corrected chi connectivity index (χ1v) is 8.65. The quantitative estimate of drug-likeness (QED) is 0.636. The first-order chi connectivity index (χ1) is 9.88. The van der Waals surface area contributed by atoms with Gasteiger partial charge in [-0.3, -0.25) is 0 Å². The minimum atomic E-state index is -0.116. The molecule has 0 heterocycles. The van der Waals surface area contributed by atoms with Crippen molar-refractivity contribution < 1.29 is 0 Å². The summed E-state index contributed by atoms with van der Waals surface area (Å²) in [6.45, 7) is 12.7. The SMILES string of the molecule is Cc1cc(C)c(N=[Se]=Nc2c(C)cc(C)cc2C)c(C)c1. The molecular weight excluding hydrogens is 323 g/mol. The third kappa shape index (κ3) is 3.81. The van der Waals surface area contributed by atoms with E-state index in [2.05, 4.69) is 65.8 Å². The molecule has 0 spiro atoms. The van der Waals surface area contributed by atoms with Crippen LogP contribution in [0.4, 0.5) is 11.4 Å². The molecule has 0 fully saturated rings. The average molecular weight is 345 g/mol. The molecule has 0 radical (unpaired) electrons. The second kappa shape index (κ2) is 6.55. The van der Waals surface area contributed by atoms with Gasteiger partial charge in [0.15, 0.2) is 0 Å². The molecule has 2 aromatic carbocycles. The summed E-state index contributed by atoms with van der Waals surface area (Å²) in [5.41, 5.74) is 9.74. The molecule has 110 valence electrons. The molecule has 2 rings (SSSR count). The van der Waals surface area contributed by atoms with Crippen LogP contribution in [0.3, 0.4) is 0 Å². The average Bonchev–Trinajstić information content (AvgIpc) is 2.34. The third-order valence-electron chi connectivity index (χ3n) is 3.54. The molecule has 0 saturated heterocycles. The zero-order chi connectivity index (χ0) is 15.6. The van der Waals surface area contributed by atoms with Crippen LogP contribution in [0, 0.1) is 41.5 Å². The normalized spacial score (nSPS) is 10.4. The number of benzene rings is 2. The zero-order valence-corrected chi connectivity index (χ0v) is 15.3. The molecule has 0 aliphatic rings. The maximum atomic E-state index is 4.74. The van der Waals surface area contributed by atoms with Crippen molar-refractivity contribution in [1.29, 1.82) is 0 Å². The summed E-state index contributed by atoms with van der Waals surface area (Å²) in [6.07, 6.45) is 0. The van der Waals surface area contributed by atoms with E-state index in [4.69, 9.17) is 7.92 Å². The number of nitrogens with zero attached hydrogens (tertiary/aromatic N) is 2. The first-order valence-electron chi connectivity index (χ1n) is 7.12. The molecule has 0 atom stereocenters. The van der Waals surface area contributed by atoms with Crippen LogP contribution in [0.2, 0.25) is 0 Å². The number of aryl methyl sites for hydroxylation is 6. The summed E-state index contributed by atoms with van der Waals surface area (Å²) < 4.78 is 9.48. The van der Waals surface area contributed by atoms with Gasteiger partial charge in [0.05, 0.1) is 0 Å². The van der Waals surface area contributed by atoms with Gasteiger partial charge in [-0.1, -0.05) is 0 Å². The standard InChI is InChI=1S/C18H22N2Se/c1-11-7-13(3)17(14(4)8-11)19-21-20-18-15(5)9-12(2)10-16(18)6/h7-10H,1-6H3. The number of rotatable bonds is 2. The number of hydrogen-bond donors (Lipinski definition) is 0. The molecule has 0 aliphatic heterocycles. The fourth-order valence-electron chi connectivity index (χ4n) is 2.73. The molecule has 2 nitrogen and oxygen atoms in total. The summed E-state index contributed by atoms with van der Waals surface area (Å²) in [4.78, 5) is 0. The molecule has 3 heteroatoms.